The molecule has 1 aromatic rings. The van der Waals surface area contributed by atoms with Crippen LogP contribution in [0.5, 0.6) is 5.75 Å². The smallest absolute Gasteiger partial charge is 0.408 e. The molecule has 1 saturated carbocycles. The molecule has 4 atom stereocenters. The van der Waals surface area contributed by atoms with Crippen LogP contribution in [0.15, 0.2) is 18.2 Å². The van der Waals surface area contributed by atoms with Gasteiger partial charge in [0.05, 0.1) is 0 Å². The maximum Gasteiger partial charge on any atom is 0.408 e. The van der Waals surface area contributed by atoms with Gasteiger partial charge in [0.1, 0.15) is 23.4 Å². The lowest BCUT2D eigenvalue weighted by atomic mass is 9.98. The molecular formula is C27H42N4O6. The number of carbonyl (C=O) groups excluding carboxylic acids is 4. The van der Waals surface area contributed by atoms with Gasteiger partial charge in [-0.2, -0.15) is 0 Å². The van der Waals surface area contributed by atoms with Gasteiger partial charge in [0.25, 0.3) is 0 Å². The molecule has 0 heterocycles. The Labute approximate surface area is 219 Å². The lowest BCUT2D eigenvalue weighted by molar-refractivity contribution is -0.144. The van der Waals surface area contributed by atoms with E-state index >= 15 is 0 Å². The molecular weight excluding hydrogens is 476 g/mol. The molecule has 206 valence electrons. The first-order chi connectivity index (χ1) is 16.9. The molecule has 37 heavy (non-hydrogen) atoms. The minimum Gasteiger partial charge on any atom is -0.508 e. The number of carbonyl (C=O) groups is 4. The van der Waals surface area contributed by atoms with E-state index in [1.807, 2.05) is 27.7 Å². The van der Waals surface area contributed by atoms with Crippen molar-refractivity contribution in [3.05, 3.63) is 29.3 Å². The Bertz CT molecular complexity index is 1030. The van der Waals surface area contributed by atoms with E-state index in [-0.39, 0.29) is 30.6 Å². The first-order valence-electron chi connectivity index (χ1n) is 12.6. The number of benzene rings is 1. The quantitative estimate of drug-likeness (QED) is 0.394. The number of aromatic hydroxyl groups is 1. The molecule has 4 unspecified atom stereocenters. The van der Waals surface area contributed by atoms with E-state index in [1.165, 1.54) is 11.0 Å². The third-order valence-electron chi connectivity index (χ3n) is 5.91. The molecule has 2 rings (SSSR count). The second-order valence-electron chi connectivity index (χ2n) is 11.9. The second kappa shape index (κ2) is 11.4. The fraction of sp³-hybridized carbons (Fsp3) is 0.630. The highest BCUT2D eigenvalue weighted by molar-refractivity contribution is 5.93. The van der Waals surface area contributed by atoms with Gasteiger partial charge in [0, 0.05) is 18.0 Å². The summed E-state index contributed by atoms with van der Waals surface area (Å²) in [6, 6.07) is 2.35. The minimum atomic E-state index is -1.14. The van der Waals surface area contributed by atoms with Crippen molar-refractivity contribution in [2.45, 2.75) is 104 Å². The van der Waals surface area contributed by atoms with Crippen LogP contribution in [0.25, 0.3) is 0 Å². The van der Waals surface area contributed by atoms with Crippen LogP contribution in [0.1, 0.15) is 84.9 Å². The van der Waals surface area contributed by atoms with Crippen LogP contribution < -0.4 is 16.4 Å². The summed E-state index contributed by atoms with van der Waals surface area (Å²) in [4.78, 5) is 53.5. The Balaban J connectivity index is 2.55. The topological polar surface area (TPSA) is 151 Å². The van der Waals surface area contributed by atoms with Gasteiger partial charge < -0.3 is 31.1 Å². The molecule has 10 heteroatoms. The fourth-order valence-corrected chi connectivity index (χ4v) is 4.07. The van der Waals surface area contributed by atoms with Gasteiger partial charge in [-0.1, -0.05) is 13.0 Å². The number of ether oxygens (including phenoxy) is 1. The molecule has 0 saturated heterocycles. The maximum atomic E-state index is 14.1. The number of rotatable bonds is 9. The van der Waals surface area contributed by atoms with Crippen LogP contribution in [0, 0.1) is 12.8 Å². The zero-order chi connectivity index (χ0) is 28.3. The molecule has 1 aromatic carbocycles. The largest absolute Gasteiger partial charge is 0.508 e. The van der Waals surface area contributed by atoms with Crippen LogP contribution in [-0.4, -0.2) is 57.0 Å². The van der Waals surface area contributed by atoms with E-state index in [0.29, 0.717) is 17.5 Å². The van der Waals surface area contributed by atoms with Crippen molar-refractivity contribution in [2.24, 2.45) is 11.7 Å². The number of aryl methyl sites for hydroxylation is 1. The third-order valence-corrected chi connectivity index (χ3v) is 5.91. The molecule has 0 radical (unpaired) electrons. The first-order valence-corrected chi connectivity index (χ1v) is 12.6. The Hall–Kier alpha value is -3.30. The van der Waals surface area contributed by atoms with E-state index in [4.69, 9.17) is 10.5 Å². The van der Waals surface area contributed by atoms with Crippen LogP contribution in [0.4, 0.5) is 4.79 Å². The van der Waals surface area contributed by atoms with Gasteiger partial charge in [-0.3, -0.25) is 14.4 Å². The van der Waals surface area contributed by atoms with Crippen molar-refractivity contribution < 1.29 is 29.0 Å². The van der Waals surface area contributed by atoms with Gasteiger partial charge in [-0.15, -0.1) is 0 Å². The molecule has 1 fully saturated rings. The third kappa shape index (κ3) is 8.94. The van der Waals surface area contributed by atoms with E-state index < -0.39 is 47.0 Å². The molecule has 5 N–H and O–H groups in total. The van der Waals surface area contributed by atoms with Crippen molar-refractivity contribution in [3.8, 4) is 5.75 Å². The van der Waals surface area contributed by atoms with Gasteiger partial charge in [-0.05, 0) is 90.5 Å². The number of hydrogen-bond donors (Lipinski definition) is 4. The zero-order valence-corrected chi connectivity index (χ0v) is 23.2. The number of phenolic OH excluding ortho intramolecular Hbond substituents is 1. The standard InChI is InChI=1S/C27H42N4O6/c1-15-14-19(15)31(24(35)18(10-12-21(28)33)29-25(36)37-27(6,7)8)22(23(34)30-26(3,4)5)17-9-11-20(32)16(2)13-17/h9,11,13,15,18-19,22,32H,10,12,14H2,1-8H3,(H2,28,33)(H,29,36)(H,30,34). The van der Waals surface area contributed by atoms with E-state index in [9.17, 15) is 24.3 Å². The number of nitrogens with two attached hydrogens (primary N) is 1. The highest BCUT2D eigenvalue weighted by atomic mass is 16.6. The number of hydrogen-bond acceptors (Lipinski definition) is 6. The van der Waals surface area contributed by atoms with Crippen molar-refractivity contribution in [1.82, 2.24) is 15.5 Å². The Morgan fingerprint density at radius 1 is 1.16 bits per heavy atom. The highest BCUT2D eigenvalue weighted by Crippen LogP contribution is 2.41. The number of phenols is 1. The summed E-state index contributed by atoms with van der Waals surface area (Å²) < 4.78 is 5.35. The Kier molecular flexibility index (Phi) is 9.22. The molecule has 4 amide bonds. The molecule has 0 spiro atoms. The highest BCUT2D eigenvalue weighted by Gasteiger charge is 2.48. The van der Waals surface area contributed by atoms with Gasteiger partial charge in [-0.25, -0.2) is 4.79 Å². The number of nitrogens with one attached hydrogen (secondary N) is 2. The van der Waals surface area contributed by atoms with Crippen molar-refractivity contribution >= 4 is 23.8 Å². The summed E-state index contributed by atoms with van der Waals surface area (Å²) >= 11 is 0. The molecule has 1 aliphatic rings. The van der Waals surface area contributed by atoms with E-state index in [2.05, 4.69) is 10.6 Å². The van der Waals surface area contributed by atoms with Gasteiger partial charge >= 0.3 is 6.09 Å². The number of nitrogens with zero attached hydrogens (tertiary/aromatic N) is 1. The van der Waals surface area contributed by atoms with Gasteiger partial charge in [0.2, 0.25) is 17.7 Å². The molecule has 0 aliphatic heterocycles. The van der Waals surface area contributed by atoms with Crippen LogP contribution in [-0.2, 0) is 19.1 Å². The Morgan fingerprint density at radius 3 is 2.22 bits per heavy atom. The average molecular weight is 519 g/mol. The van der Waals surface area contributed by atoms with Crippen LogP contribution in [0.3, 0.4) is 0 Å². The van der Waals surface area contributed by atoms with Gasteiger partial charge in [0.15, 0.2) is 0 Å². The molecule has 0 bridgehead atoms. The molecule has 1 aliphatic carbocycles. The normalized spacial score (nSPS) is 18.8. The predicted molar refractivity (Wildman–Crippen MR) is 139 cm³/mol. The fourth-order valence-electron chi connectivity index (χ4n) is 4.07. The van der Waals surface area contributed by atoms with Crippen molar-refractivity contribution in [3.63, 3.8) is 0 Å². The molecule has 10 nitrogen and oxygen atoms in total. The number of alkyl carbamates (subject to hydrolysis) is 1. The zero-order valence-electron chi connectivity index (χ0n) is 23.2. The monoisotopic (exact) mass is 518 g/mol. The summed E-state index contributed by atoms with van der Waals surface area (Å²) in [5, 5.41) is 15.6. The summed E-state index contributed by atoms with van der Waals surface area (Å²) in [7, 11) is 0. The number of primary amides is 1. The lowest BCUT2D eigenvalue weighted by Crippen LogP contribution is -2.55. The van der Waals surface area contributed by atoms with Crippen LogP contribution in [0.2, 0.25) is 0 Å². The van der Waals surface area contributed by atoms with Crippen LogP contribution >= 0.6 is 0 Å². The number of amides is 4. The van der Waals surface area contributed by atoms with E-state index in [1.54, 1.807) is 39.8 Å². The van der Waals surface area contributed by atoms with E-state index in [0.717, 1.165) is 0 Å². The summed E-state index contributed by atoms with van der Waals surface area (Å²) in [6.07, 6.45) is -0.322. The lowest BCUT2D eigenvalue weighted by Gasteiger charge is -2.36. The first kappa shape index (κ1) is 29.9. The summed E-state index contributed by atoms with van der Waals surface area (Å²) in [6.45, 7) is 14.3. The summed E-state index contributed by atoms with van der Waals surface area (Å²) in [5.41, 5.74) is 5.05. The second-order valence-corrected chi connectivity index (χ2v) is 11.9. The van der Waals surface area contributed by atoms with Crippen molar-refractivity contribution in [2.75, 3.05) is 0 Å². The minimum absolute atomic E-state index is 0.0484. The van der Waals surface area contributed by atoms with Crippen molar-refractivity contribution in [1.29, 1.82) is 0 Å². The SMILES string of the molecule is Cc1cc(C(C(=O)NC(C)(C)C)N(C(=O)C(CCC(N)=O)NC(=O)OC(C)(C)C)C2CC2C)ccc1O. The molecule has 0 aromatic heterocycles. The average Bonchev–Trinajstić information content (AvgIpc) is 3.43. The summed E-state index contributed by atoms with van der Waals surface area (Å²) in [5.74, 6) is -1.32. The predicted octanol–water partition coefficient (Wildman–Crippen LogP) is 3.05. The Morgan fingerprint density at radius 2 is 1.76 bits per heavy atom. The maximum absolute atomic E-state index is 14.1.